The monoisotopic (exact) mass is 448 g/mol. The van der Waals surface area contributed by atoms with Gasteiger partial charge in [-0.05, 0) is 42.0 Å². The standard InChI is InChI=1S/C20H22BrFN4O2/c1-23-20(25-10-11-6-14(21)9-15(22)7-11)24-4-5-26-18(27)16-12-2-3-13(8-12)17(16)19(26)28/h2-3,6-7,9,12-13,16-17H,4-5,8,10H2,1H3,(H2,23,24,25). The predicted octanol–water partition coefficient (Wildman–Crippen LogP) is 2.06. The number of allylic oxidation sites excluding steroid dienone is 2. The fourth-order valence-electron chi connectivity index (χ4n) is 4.59. The molecule has 148 valence electrons. The van der Waals surface area contributed by atoms with E-state index in [0.29, 0.717) is 30.1 Å². The van der Waals surface area contributed by atoms with Gasteiger partial charge in [-0.15, -0.1) is 0 Å². The number of imide groups is 1. The van der Waals surface area contributed by atoms with E-state index in [9.17, 15) is 14.0 Å². The summed E-state index contributed by atoms with van der Waals surface area (Å²) in [6.45, 7) is 1.12. The molecule has 4 atom stereocenters. The van der Waals surface area contributed by atoms with Crippen molar-refractivity contribution in [2.45, 2.75) is 13.0 Å². The number of carbonyl (C=O) groups is 2. The number of hydrogen-bond acceptors (Lipinski definition) is 3. The highest BCUT2D eigenvalue weighted by molar-refractivity contribution is 9.10. The Kier molecular flexibility index (Phi) is 5.23. The molecule has 2 aliphatic carbocycles. The minimum absolute atomic E-state index is 0.0405. The second kappa shape index (κ2) is 7.66. The number of aliphatic imine (C=N–C) groups is 1. The molecule has 1 saturated heterocycles. The van der Waals surface area contributed by atoms with Gasteiger partial charge in [-0.2, -0.15) is 0 Å². The Bertz CT molecular complexity index is 822. The van der Waals surface area contributed by atoms with Crippen LogP contribution in [0.4, 0.5) is 4.39 Å². The Labute approximate surface area is 171 Å². The third-order valence-corrected chi connectivity index (χ3v) is 6.25. The van der Waals surface area contributed by atoms with E-state index in [1.54, 1.807) is 7.05 Å². The maximum absolute atomic E-state index is 13.5. The van der Waals surface area contributed by atoms with Crippen LogP contribution in [0.5, 0.6) is 0 Å². The maximum Gasteiger partial charge on any atom is 0.233 e. The molecule has 2 fully saturated rings. The summed E-state index contributed by atoms with van der Waals surface area (Å²) in [6.07, 6.45) is 5.12. The first-order valence-electron chi connectivity index (χ1n) is 9.41. The van der Waals surface area contributed by atoms with E-state index >= 15 is 0 Å². The van der Waals surface area contributed by atoms with Crippen LogP contribution < -0.4 is 10.6 Å². The summed E-state index contributed by atoms with van der Waals surface area (Å²) in [5.41, 5.74) is 0.774. The Morgan fingerprint density at radius 3 is 2.46 bits per heavy atom. The highest BCUT2D eigenvalue weighted by atomic mass is 79.9. The Morgan fingerprint density at radius 1 is 1.18 bits per heavy atom. The first-order chi connectivity index (χ1) is 13.5. The maximum atomic E-state index is 13.5. The summed E-state index contributed by atoms with van der Waals surface area (Å²) in [4.78, 5) is 30.9. The smallest absolute Gasteiger partial charge is 0.233 e. The number of carbonyl (C=O) groups excluding carboxylic acids is 2. The van der Waals surface area contributed by atoms with Crippen LogP contribution in [0.2, 0.25) is 0 Å². The van der Waals surface area contributed by atoms with Crippen molar-refractivity contribution in [1.82, 2.24) is 15.5 Å². The zero-order chi connectivity index (χ0) is 19.8. The van der Waals surface area contributed by atoms with Gasteiger partial charge in [0, 0.05) is 31.2 Å². The number of guanidine groups is 1. The number of nitrogens with zero attached hydrogens (tertiary/aromatic N) is 2. The third kappa shape index (κ3) is 3.45. The van der Waals surface area contributed by atoms with Crippen molar-refractivity contribution in [3.8, 4) is 0 Å². The van der Waals surface area contributed by atoms with Crippen LogP contribution in [0, 0.1) is 29.5 Å². The largest absolute Gasteiger partial charge is 0.355 e. The van der Waals surface area contributed by atoms with Gasteiger partial charge >= 0.3 is 0 Å². The van der Waals surface area contributed by atoms with Crippen molar-refractivity contribution < 1.29 is 14.0 Å². The Morgan fingerprint density at radius 2 is 1.86 bits per heavy atom. The lowest BCUT2D eigenvalue weighted by Gasteiger charge is -2.18. The molecule has 1 aromatic carbocycles. The number of nitrogens with one attached hydrogen (secondary N) is 2. The van der Waals surface area contributed by atoms with Crippen LogP contribution in [-0.2, 0) is 16.1 Å². The van der Waals surface area contributed by atoms with Gasteiger partial charge < -0.3 is 10.6 Å². The number of likely N-dealkylation sites (tertiary alicyclic amines) is 1. The molecule has 1 heterocycles. The first kappa shape index (κ1) is 19.1. The highest BCUT2D eigenvalue weighted by Crippen LogP contribution is 2.52. The van der Waals surface area contributed by atoms with Crippen molar-refractivity contribution in [2.24, 2.45) is 28.7 Å². The molecule has 0 aromatic heterocycles. The second-order valence-electron chi connectivity index (χ2n) is 7.46. The van der Waals surface area contributed by atoms with E-state index in [0.717, 1.165) is 12.0 Å². The van der Waals surface area contributed by atoms with Gasteiger partial charge in [0.05, 0.1) is 11.8 Å². The molecule has 1 aliphatic heterocycles. The number of benzene rings is 1. The van der Waals surface area contributed by atoms with E-state index in [1.165, 1.54) is 17.0 Å². The van der Waals surface area contributed by atoms with Crippen molar-refractivity contribution in [3.05, 3.63) is 46.2 Å². The summed E-state index contributed by atoms with van der Waals surface area (Å²) in [5, 5.41) is 6.22. The van der Waals surface area contributed by atoms with E-state index in [2.05, 4.69) is 43.7 Å². The van der Waals surface area contributed by atoms with Gasteiger partial charge in [0.25, 0.3) is 0 Å². The second-order valence-corrected chi connectivity index (χ2v) is 8.37. The van der Waals surface area contributed by atoms with E-state index in [1.807, 2.05) is 6.07 Å². The van der Waals surface area contributed by atoms with E-state index in [4.69, 9.17) is 0 Å². The first-order valence-corrected chi connectivity index (χ1v) is 10.2. The number of fused-ring (bicyclic) bond motifs is 5. The molecule has 28 heavy (non-hydrogen) atoms. The molecule has 6 nitrogen and oxygen atoms in total. The van der Waals surface area contributed by atoms with Gasteiger partial charge in [0.1, 0.15) is 5.82 Å². The zero-order valence-corrected chi connectivity index (χ0v) is 17.1. The lowest BCUT2D eigenvalue weighted by molar-refractivity contribution is -0.140. The minimum Gasteiger partial charge on any atom is -0.355 e. The van der Waals surface area contributed by atoms with Gasteiger partial charge in [-0.3, -0.25) is 19.5 Å². The van der Waals surface area contributed by atoms with Crippen LogP contribution in [0.3, 0.4) is 0 Å². The topological polar surface area (TPSA) is 73.8 Å². The molecule has 0 radical (unpaired) electrons. The van der Waals surface area contributed by atoms with Crippen LogP contribution in [0.1, 0.15) is 12.0 Å². The molecule has 2 bridgehead atoms. The minimum atomic E-state index is -0.311. The Hall–Kier alpha value is -2.22. The number of amides is 2. The average Bonchev–Trinajstić information content (AvgIpc) is 3.33. The van der Waals surface area contributed by atoms with Crippen LogP contribution in [-0.4, -0.2) is 42.8 Å². The number of halogens is 2. The lowest BCUT2D eigenvalue weighted by atomic mass is 9.85. The quantitative estimate of drug-likeness (QED) is 0.313. The molecule has 2 amide bonds. The molecule has 0 spiro atoms. The van der Waals surface area contributed by atoms with E-state index in [-0.39, 0.29) is 41.3 Å². The molecular weight excluding hydrogens is 427 g/mol. The predicted molar refractivity (Wildman–Crippen MR) is 107 cm³/mol. The average molecular weight is 449 g/mol. The lowest BCUT2D eigenvalue weighted by Crippen LogP contribution is -2.43. The summed E-state index contributed by atoms with van der Waals surface area (Å²) < 4.78 is 14.1. The fraction of sp³-hybridized carbons (Fsp3) is 0.450. The van der Waals surface area contributed by atoms with Crippen LogP contribution in [0.25, 0.3) is 0 Å². The van der Waals surface area contributed by atoms with Crippen LogP contribution in [0.15, 0.2) is 39.8 Å². The van der Waals surface area contributed by atoms with Crippen molar-refractivity contribution in [2.75, 3.05) is 20.1 Å². The van der Waals surface area contributed by atoms with Crippen LogP contribution >= 0.6 is 15.9 Å². The zero-order valence-electron chi connectivity index (χ0n) is 15.5. The molecule has 4 rings (SSSR count). The van der Waals surface area contributed by atoms with Crippen molar-refractivity contribution >= 4 is 33.7 Å². The summed E-state index contributed by atoms with van der Waals surface area (Å²) in [7, 11) is 1.64. The molecule has 3 aliphatic rings. The van der Waals surface area contributed by atoms with Gasteiger partial charge in [-0.1, -0.05) is 28.1 Å². The van der Waals surface area contributed by atoms with Gasteiger partial charge in [0.15, 0.2) is 5.96 Å². The number of hydrogen-bond donors (Lipinski definition) is 2. The normalized spacial score (nSPS) is 28.2. The SMILES string of the molecule is CN=C(NCCN1C(=O)C2C3C=CC(C3)C2C1=O)NCc1cc(F)cc(Br)c1. The summed E-state index contributed by atoms with van der Waals surface area (Å²) >= 11 is 3.27. The molecular formula is C20H22BrFN4O2. The Balaban J connectivity index is 1.28. The molecule has 1 saturated carbocycles. The number of rotatable bonds is 5. The van der Waals surface area contributed by atoms with Gasteiger partial charge in [-0.25, -0.2) is 4.39 Å². The molecule has 1 aromatic rings. The molecule has 4 unspecified atom stereocenters. The fourth-order valence-corrected chi connectivity index (χ4v) is 5.10. The third-order valence-electron chi connectivity index (χ3n) is 5.80. The van der Waals surface area contributed by atoms with E-state index < -0.39 is 0 Å². The molecule has 2 N–H and O–H groups in total. The van der Waals surface area contributed by atoms with Gasteiger partial charge in [0.2, 0.25) is 11.8 Å². The highest BCUT2D eigenvalue weighted by Gasteiger charge is 2.58. The van der Waals surface area contributed by atoms with Crippen molar-refractivity contribution in [1.29, 1.82) is 0 Å². The summed E-state index contributed by atoms with van der Waals surface area (Å²) in [5.74, 6) is 0.268. The summed E-state index contributed by atoms with van der Waals surface area (Å²) in [6, 6.07) is 4.68. The van der Waals surface area contributed by atoms with Crippen molar-refractivity contribution in [3.63, 3.8) is 0 Å². The molecule has 8 heteroatoms.